The zero-order valence-corrected chi connectivity index (χ0v) is 6.30. The number of hydrogen-bond donors (Lipinski definition) is 0. The van der Waals surface area contributed by atoms with Crippen LogP contribution in [-0.2, 0) is 32.7 Å². The van der Waals surface area contributed by atoms with E-state index in [9.17, 15) is 0 Å². The second-order valence-corrected chi connectivity index (χ2v) is 0.962. The van der Waals surface area contributed by atoms with E-state index in [2.05, 4.69) is 0 Å². The molecule has 0 atom stereocenters. The Bertz CT molecular complexity index is 60.4. The first kappa shape index (κ1) is 6.45. The molecule has 1 aromatic carbocycles. The van der Waals surface area contributed by atoms with Gasteiger partial charge in [0, 0.05) is 0 Å². The van der Waals surface area contributed by atoms with Crippen LogP contribution in [0.1, 0.15) is 0 Å². The molecule has 6 heavy (non-hydrogen) atoms. The fourth-order valence-electron chi connectivity index (χ4n) is 0.321. The third kappa shape index (κ3) is 1.79. The van der Waals surface area contributed by atoms with Crippen molar-refractivity contribution in [3.8, 4) is 0 Å². The summed E-state index contributed by atoms with van der Waals surface area (Å²) in [6, 6.07) is 10.0. The molecule has 0 aliphatic heterocycles. The summed E-state index contributed by atoms with van der Waals surface area (Å²) in [6.45, 7) is 0. The summed E-state index contributed by atoms with van der Waals surface area (Å²) in [5.74, 6) is 0. The monoisotopic (exact) mass is 154 g/mol. The van der Waals surface area contributed by atoms with Crippen molar-refractivity contribution in [3.05, 3.63) is 30.3 Å². The smallest absolute Gasteiger partial charge is 0.214 e. The average molecular weight is 154 g/mol. The second kappa shape index (κ2) is 3.64. The first-order valence-electron chi connectivity index (χ1n) is 1.67. The third-order valence-corrected chi connectivity index (χ3v) is 0.556. The van der Waals surface area contributed by atoms with Crippen LogP contribution in [0, 0.1) is 0 Å². The summed E-state index contributed by atoms with van der Waals surface area (Å²) in [7, 11) is 0. The van der Waals surface area contributed by atoms with Gasteiger partial charge in [-0.05, 0) is 0 Å². The van der Waals surface area contributed by atoms with Crippen molar-refractivity contribution in [1.29, 1.82) is 0 Å². The maximum absolute atomic E-state index is 2.00. The maximum atomic E-state index is 2.00. The molecule has 0 radical (unpaired) electrons. The first-order valence-corrected chi connectivity index (χ1v) is 1.67. The van der Waals surface area contributed by atoms with Gasteiger partial charge in [-0.25, -0.2) is 12.1 Å². The van der Waals surface area contributed by atoms with E-state index in [0.29, 0.717) is 0 Å². The largest absolute Gasteiger partial charge is 3.00 e. The Labute approximate surface area is 62.8 Å². The number of hydrogen-bond acceptors (Lipinski definition) is 0. The van der Waals surface area contributed by atoms with Crippen LogP contribution < -0.4 is 0 Å². The molecule has 0 aliphatic rings. The Kier molecular flexibility index (Phi) is 3.91. The molecule has 0 saturated heterocycles. The Morgan fingerprint density at radius 3 is 1.67 bits per heavy atom. The second-order valence-electron chi connectivity index (χ2n) is 0.962. The van der Waals surface area contributed by atoms with Crippen LogP contribution >= 0.6 is 0 Å². The molecular formula is C5H5Y+2. The van der Waals surface area contributed by atoms with Crippen LogP contribution in [-0.4, -0.2) is 0 Å². The summed E-state index contributed by atoms with van der Waals surface area (Å²) in [4.78, 5) is 0. The Morgan fingerprint density at radius 2 is 1.50 bits per heavy atom. The predicted molar refractivity (Wildman–Crippen MR) is 22.0 cm³/mol. The Morgan fingerprint density at radius 1 is 1.00 bits per heavy atom. The molecule has 0 heterocycles. The minimum Gasteiger partial charge on any atom is -0.214 e. The Balaban J connectivity index is 0.000000250. The van der Waals surface area contributed by atoms with Gasteiger partial charge in [-0.2, -0.15) is 18.2 Å². The van der Waals surface area contributed by atoms with Crippen molar-refractivity contribution < 1.29 is 32.7 Å². The Hall–Kier alpha value is 0.454. The third-order valence-electron chi connectivity index (χ3n) is 0.556. The predicted octanol–water partition coefficient (Wildman–Crippen LogP) is 1.40. The van der Waals surface area contributed by atoms with Crippen molar-refractivity contribution in [2.75, 3.05) is 0 Å². The summed E-state index contributed by atoms with van der Waals surface area (Å²) < 4.78 is 0. The van der Waals surface area contributed by atoms with Crippen molar-refractivity contribution in [2.45, 2.75) is 0 Å². The normalized spacial score (nSPS) is 6.67. The zero-order chi connectivity index (χ0) is 3.54. The first-order chi connectivity index (χ1) is 2.50. The average Bonchev–Trinajstić information content (AvgIpc) is 1.76. The molecule has 0 nitrogen and oxygen atoms in total. The van der Waals surface area contributed by atoms with E-state index in [1.807, 2.05) is 30.3 Å². The standard InChI is InChI=1S/C5H5.Y/c1-2-4-5-3-1;/h1-5H;/q-1;+3. The molecule has 0 fully saturated rings. The fraction of sp³-hybridized carbons (Fsp3) is 0. The summed E-state index contributed by atoms with van der Waals surface area (Å²) in [5.41, 5.74) is 0. The van der Waals surface area contributed by atoms with Gasteiger partial charge >= 0.3 is 32.7 Å². The van der Waals surface area contributed by atoms with Gasteiger partial charge < -0.3 is 0 Å². The van der Waals surface area contributed by atoms with Crippen molar-refractivity contribution >= 4 is 0 Å². The summed E-state index contributed by atoms with van der Waals surface area (Å²) in [5, 5.41) is 0. The van der Waals surface area contributed by atoms with Gasteiger partial charge in [0.05, 0.1) is 0 Å². The molecule has 0 aromatic heterocycles. The molecule has 0 saturated carbocycles. The molecule has 0 N–H and O–H groups in total. The molecule has 0 spiro atoms. The van der Waals surface area contributed by atoms with E-state index in [1.54, 1.807) is 0 Å². The van der Waals surface area contributed by atoms with Crippen LogP contribution in [0.4, 0.5) is 0 Å². The van der Waals surface area contributed by atoms with Crippen LogP contribution in [0.15, 0.2) is 30.3 Å². The van der Waals surface area contributed by atoms with Gasteiger partial charge in [-0.15, -0.1) is 0 Å². The molecule has 26 valence electrons. The van der Waals surface area contributed by atoms with E-state index >= 15 is 0 Å². The maximum Gasteiger partial charge on any atom is 3.00 e. The molecule has 0 aliphatic carbocycles. The van der Waals surface area contributed by atoms with E-state index in [-0.39, 0.29) is 32.7 Å². The van der Waals surface area contributed by atoms with Gasteiger partial charge in [0.1, 0.15) is 0 Å². The molecular weight excluding hydrogens is 149 g/mol. The molecule has 0 amide bonds. The van der Waals surface area contributed by atoms with Crippen LogP contribution in [0.5, 0.6) is 0 Å². The van der Waals surface area contributed by atoms with Crippen LogP contribution in [0.25, 0.3) is 0 Å². The number of rotatable bonds is 0. The molecule has 1 aromatic rings. The van der Waals surface area contributed by atoms with Gasteiger partial charge in [0.2, 0.25) is 0 Å². The zero-order valence-electron chi connectivity index (χ0n) is 3.46. The SMILES string of the molecule is [Y+3].c1cc[cH-]c1. The van der Waals surface area contributed by atoms with Crippen molar-refractivity contribution in [2.24, 2.45) is 0 Å². The van der Waals surface area contributed by atoms with Crippen molar-refractivity contribution in [3.63, 3.8) is 0 Å². The quantitative estimate of drug-likeness (QED) is 0.495. The van der Waals surface area contributed by atoms with Crippen LogP contribution in [0.2, 0.25) is 0 Å². The van der Waals surface area contributed by atoms with Gasteiger partial charge in [0.15, 0.2) is 0 Å². The summed E-state index contributed by atoms with van der Waals surface area (Å²) >= 11 is 0. The minimum absolute atomic E-state index is 0. The molecule has 1 heteroatoms. The van der Waals surface area contributed by atoms with E-state index < -0.39 is 0 Å². The molecule has 0 bridgehead atoms. The molecule has 1 rings (SSSR count). The summed E-state index contributed by atoms with van der Waals surface area (Å²) in [6.07, 6.45) is 0. The van der Waals surface area contributed by atoms with Crippen LogP contribution in [0.3, 0.4) is 0 Å². The van der Waals surface area contributed by atoms with Crippen molar-refractivity contribution in [1.82, 2.24) is 0 Å². The molecule has 0 unspecified atom stereocenters. The van der Waals surface area contributed by atoms with E-state index in [1.165, 1.54) is 0 Å². The van der Waals surface area contributed by atoms with Gasteiger partial charge in [-0.1, -0.05) is 0 Å². The minimum atomic E-state index is 0. The van der Waals surface area contributed by atoms with E-state index in [4.69, 9.17) is 0 Å². The van der Waals surface area contributed by atoms with Gasteiger partial charge in [0.25, 0.3) is 0 Å². The van der Waals surface area contributed by atoms with Gasteiger partial charge in [-0.3, -0.25) is 0 Å². The topological polar surface area (TPSA) is 0 Å². The fourth-order valence-corrected chi connectivity index (χ4v) is 0.321. The van der Waals surface area contributed by atoms with E-state index in [0.717, 1.165) is 0 Å².